The van der Waals surface area contributed by atoms with Gasteiger partial charge in [-0.2, -0.15) is 0 Å². The van der Waals surface area contributed by atoms with Crippen molar-refractivity contribution in [1.29, 1.82) is 0 Å². The van der Waals surface area contributed by atoms with Crippen molar-refractivity contribution < 1.29 is 22.7 Å². The largest absolute Gasteiger partial charge is 0.507 e. The molecule has 282 valence electrons. The average molecular weight is 771 g/mol. The minimum atomic E-state index is -0.337. The predicted molar refractivity (Wildman–Crippen MR) is 235 cm³/mol. The molecule has 2 aromatic heterocycles. The van der Waals surface area contributed by atoms with Gasteiger partial charge in [0.2, 0.25) is 0 Å². The van der Waals surface area contributed by atoms with Gasteiger partial charge in [0.1, 0.15) is 34.1 Å². The highest BCUT2D eigenvalue weighted by Gasteiger charge is 2.24. The van der Waals surface area contributed by atoms with E-state index in [4.69, 9.17) is 8.83 Å². The molecule has 59 heavy (non-hydrogen) atoms. The number of phenols is 1. The molecule has 0 amide bonds. The molecule has 0 bridgehead atoms. The summed E-state index contributed by atoms with van der Waals surface area (Å²) in [6.45, 7) is 0. The molecule has 7 heteroatoms. The molecule has 0 atom stereocenters. The van der Waals surface area contributed by atoms with Crippen molar-refractivity contribution in [2.75, 3.05) is 9.80 Å². The lowest BCUT2D eigenvalue weighted by Gasteiger charge is -2.27. The van der Waals surface area contributed by atoms with Crippen LogP contribution in [0.4, 0.5) is 42.9 Å². The number of aromatic hydroxyl groups is 1. The van der Waals surface area contributed by atoms with E-state index in [0.717, 1.165) is 83.2 Å². The Labute approximate surface area is 336 Å². The van der Waals surface area contributed by atoms with Crippen molar-refractivity contribution in [1.82, 2.24) is 0 Å². The minimum absolute atomic E-state index is 0.179. The summed E-state index contributed by atoms with van der Waals surface area (Å²) in [6, 6.07) is 58.5. The van der Waals surface area contributed by atoms with E-state index in [1.807, 2.05) is 97.1 Å². The topological polar surface area (TPSA) is 53.0 Å². The molecular weight excluding hydrogens is 739 g/mol. The van der Waals surface area contributed by atoms with E-state index in [1.54, 1.807) is 36.4 Å². The summed E-state index contributed by atoms with van der Waals surface area (Å²) in [5.74, 6) is -0.483. The van der Waals surface area contributed by atoms with Gasteiger partial charge in [0, 0.05) is 61.3 Å². The monoisotopic (exact) mass is 770 g/mol. The number of nitrogens with zero attached hydrogens (tertiary/aromatic N) is 2. The summed E-state index contributed by atoms with van der Waals surface area (Å²) in [7, 11) is 0. The normalized spacial score (nSPS) is 11.6. The third-order valence-corrected chi connectivity index (χ3v) is 11.1. The van der Waals surface area contributed by atoms with Gasteiger partial charge in [-0.05, 0) is 108 Å². The first-order valence-electron chi connectivity index (χ1n) is 19.3. The van der Waals surface area contributed by atoms with Gasteiger partial charge in [-0.25, -0.2) is 8.78 Å². The van der Waals surface area contributed by atoms with E-state index < -0.39 is 0 Å². The van der Waals surface area contributed by atoms with E-state index >= 15 is 0 Å². The minimum Gasteiger partial charge on any atom is -0.507 e. The molecule has 0 aliphatic heterocycles. The van der Waals surface area contributed by atoms with Crippen LogP contribution in [-0.4, -0.2) is 5.11 Å². The molecule has 0 unspecified atom stereocenters. The van der Waals surface area contributed by atoms with E-state index in [9.17, 15) is 13.9 Å². The standard InChI is InChI=1S/C52H32F2N2O3/c53-33-19-23-35(24-20-33)55(45-16-8-15-43-41-13-4-6-18-48(41)59-52(43)45)38-27-28-49-44(30-38)51-42-14-2-1-12-40(42)46(31-50(51)58-49)56(36-25-21-34(54)22-26-36)37-10-7-9-32(29-37)39-11-3-5-17-47(39)57/h1-31,57H. The van der Waals surface area contributed by atoms with Crippen LogP contribution in [0.1, 0.15) is 0 Å². The van der Waals surface area contributed by atoms with Gasteiger partial charge in [0.15, 0.2) is 5.58 Å². The van der Waals surface area contributed by atoms with Gasteiger partial charge in [0.25, 0.3) is 0 Å². The first kappa shape index (κ1) is 34.4. The first-order valence-corrected chi connectivity index (χ1v) is 19.3. The number of hydrogen-bond donors (Lipinski definition) is 1. The third kappa shape index (κ3) is 5.74. The Hall–Kier alpha value is -7.90. The number of rotatable bonds is 7. The number of benzene rings is 9. The summed E-state index contributed by atoms with van der Waals surface area (Å²) < 4.78 is 42.1. The summed E-state index contributed by atoms with van der Waals surface area (Å²) in [6.07, 6.45) is 0. The maximum atomic E-state index is 14.4. The molecule has 1 N–H and O–H groups in total. The zero-order valence-electron chi connectivity index (χ0n) is 31.3. The quantitative estimate of drug-likeness (QED) is 0.175. The van der Waals surface area contributed by atoms with Crippen LogP contribution >= 0.6 is 0 Å². The molecule has 11 aromatic rings. The Balaban J connectivity index is 1.13. The molecule has 2 heterocycles. The predicted octanol–water partition coefficient (Wildman–Crippen LogP) is 15.2. The number of para-hydroxylation sites is 3. The Kier molecular flexibility index (Phi) is 7.94. The first-order chi connectivity index (χ1) is 29.0. The second kappa shape index (κ2) is 13.6. The zero-order chi connectivity index (χ0) is 39.6. The lowest BCUT2D eigenvalue weighted by atomic mass is 9.99. The fourth-order valence-electron chi connectivity index (χ4n) is 8.41. The lowest BCUT2D eigenvalue weighted by molar-refractivity contribution is 0.477. The number of anilines is 6. The van der Waals surface area contributed by atoms with Gasteiger partial charge in [0.05, 0.1) is 11.4 Å². The van der Waals surface area contributed by atoms with Crippen LogP contribution in [0.5, 0.6) is 5.75 Å². The van der Waals surface area contributed by atoms with Gasteiger partial charge in [-0.3, -0.25) is 0 Å². The van der Waals surface area contributed by atoms with E-state index in [0.29, 0.717) is 16.7 Å². The summed E-state index contributed by atoms with van der Waals surface area (Å²) in [5.41, 5.74) is 9.21. The molecule has 0 saturated heterocycles. The van der Waals surface area contributed by atoms with E-state index in [-0.39, 0.29) is 17.4 Å². The van der Waals surface area contributed by atoms with Crippen molar-refractivity contribution in [3.8, 4) is 16.9 Å². The van der Waals surface area contributed by atoms with Crippen LogP contribution in [0, 0.1) is 11.6 Å². The Morgan fingerprint density at radius 2 is 0.983 bits per heavy atom. The molecular formula is C52H32F2N2O3. The highest BCUT2D eigenvalue weighted by atomic mass is 19.1. The van der Waals surface area contributed by atoms with E-state index in [1.165, 1.54) is 24.3 Å². The maximum Gasteiger partial charge on any atom is 0.159 e. The molecule has 0 fully saturated rings. The van der Waals surface area contributed by atoms with Crippen LogP contribution in [0.15, 0.2) is 197 Å². The highest BCUT2D eigenvalue weighted by molar-refractivity contribution is 6.23. The number of halogens is 2. The maximum absolute atomic E-state index is 14.4. The van der Waals surface area contributed by atoms with Gasteiger partial charge in [-0.1, -0.05) is 84.9 Å². The zero-order valence-corrected chi connectivity index (χ0v) is 31.3. The van der Waals surface area contributed by atoms with Crippen LogP contribution in [0.25, 0.3) is 65.8 Å². The van der Waals surface area contributed by atoms with Crippen molar-refractivity contribution in [2.45, 2.75) is 0 Å². The van der Waals surface area contributed by atoms with Crippen LogP contribution in [-0.2, 0) is 0 Å². The number of hydrogen-bond acceptors (Lipinski definition) is 5. The number of phenolic OH excluding ortho intramolecular Hbond substituents is 1. The van der Waals surface area contributed by atoms with Gasteiger partial charge >= 0.3 is 0 Å². The number of fused-ring (bicyclic) bond motifs is 8. The molecule has 0 aliphatic rings. The highest BCUT2D eigenvalue weighted by Crippen LogP contribution is 2.48. The van der Waals surface area contributed by atoms with Crippen molar-refractivity contribution in [2.24, 2.45) is 0 Å². The van der Waals surface area contributed by atoms with Crippen LogP contribution < -0.4 is 9.80 Å². The molecule has 5 nitrogen and oxygen atoms in total. The van der Waals surface area contributed by atoms with Crippen LogP contribution in [0.3, 0.4) is 0 Å². The molecule has 11 rings (SSSR count). The van der Waals surface area contributed by atoms with Crippen molar-refractivity contribution in [3.63, 3.8) is 0 Å². The Morgan fingerprint density at radius 1 is 0.390 bits per heavy atom. The van der Waals surface area contributed by atoms with Crippen LogP contribution in [0.2, 0.25) is 0 Å². The Bertz CT molecular complexity index is 3390. The molecule has 0 spiro atoms. The van der Waals surface area contributed by atoms with E-state index in [2.05, 4.69) is 40.1 Å². The third-order valence-electron chi connectivity index (χ3n) is 11.1. The second-order valence-electron chi connectivity index (χ2n) is 14.5. The van der Waals surface area contributed by atoms with Crippen molar-refractivity contribution in [3.05, 3.63) is 200 Å². The second-order valence-corrected chi connectivity index (χ2v) is 14.5. The number of furan rings is 2. The fraction of sp³-hybridized carbons (Fsp3) is 0. The SMILES string of the molecule is Oc1ccccc1-c1cccc(N(c2ccc(F)cc2)c2cc3oc4ccc(N(c5ccc(F)cc5)c5cccc6c5oc5ccccc56)cc4c3c3ccccc23)c1. The van der Waals surface area contributed by atoms with Gasteiger partial charge < -0.3 is 23.7 Å². The summed E-state index contributed by atoms with van der Waals surface area (Å²) >= 11 is 0. The summed E-state index contributed by atoms with van der Waals surface area (Å²) in [4.78, 5) is 4.18. The molecule has 9 aromatic carbocycles. The van der Waals surface area contributed by atoms with Crippen molar-refractivity contribution >= 4 is 88.8 Å². The lowest BCUT2D eigenvalue weighted by Crippen LogP contribution is -2.11. The summed E-state index contributed by atoms with van der Waals surface area (Å²) in [5, 5.41) is 16.5. The van der Waals surface area contributed by atoms with Gasteiger partial charge in [-0.15, -0.1) is 0 Å². The fourth-order valence-corrected chi connectivity index (χ4v) is 8.41. The Morgan fingerprint density at radius 3 is 1.75 bits per heavy atom. The average Bonchev–Trinajstić information content (AvgIpc) is 3.84. The molecule has 0 saturated carbocycles. The molecule has 0 aliphatic carbocycles. The smallest absolute Gasteiger partial charge is 0.159 e. The molecule has 0 radical (unpaired) electrons.